The van der Waals surface area contributed by atoms with Gasteiger partial charge in [0.2, 0.25) is 0 Å². The van der Waals surface area contributed by atoms with Crippen LogP contribution in [0, 0.1) is 0 Å². The first-order valence-corrected chi connectivity index (χ1v) is 6.96. The third-order valence-corrected chi connectivity index (χ3v) is 2.93. The molecule has 0 unspecified atom stereocenters. The number of carbonyl (C=O) groups excluding carboxylic acids is 2. The zero-order valence-corrected chi connectivity index (χ0v) is 12.4. The van der Waals surface area contributed by atoms with Gasteiger partial charge in [-0.25, -0.2) is 0 Å². The number of rotatable bonds is 8. The highest BCUT2D eigenvalue weighted by molar-refractivity contribution is 5.97. The molecule has 1 aromatic carbocycles. The number of unbranched alkanes of at least 4 members (excludes halogenated alkanes) is 1. The fraction of sp³-hybridized carbons (Fsp3) is 0.400. The van der Waals surface area contributed by atoms with Gasteiger partial charge in [-0.05, 0) is 31.4 Å². The standard InChI is InChI=1S/C15H20N2O5/c1-10(18)22-13-8-3-2-6-11(13)14(19)17-9-5-4-7-12(16)15(20)21/h2-3,6,8,12H,4-5,7,9,16H2,1H3,(H,17,19)(H,20,21)/t12-/m0/s1. The molecule has 0 fully saturated rings. The van der Waals surface area contributed by atoms with Gasteiger partial charge in [-0.3, -0.25) is 14.4 Å². The van der Waals surface area contributed by atoms with E-state index in [0.717, 1.165) is 0 Å². The molecule has 0 radical (unpaired) electrons. The van der Waals surface area contributed by atoms with E-state index >= 15 is 0 Å². The van der Waals surface area contributed by atoms with E-state index in [4.69, 9.17) is 15.6 Å². The van der Waals surface area contributed by atoms with E-state index < -0.39 is 18.0 Å². The number of carboxylic acids is 1. The van der Waals surface area contributed by atoms with Gasteiger partial charge >= 0.3 is 11.9 Å². The van der Waals surface area contributed by atoms with Crippen LogP contribution < -0.4 is 15.8 Å². The Kier molecular flexibility index (Phi) is 7.04. The van der Waals surface area contributed by atoms with Crippen LogP contribution in [-0.2, 0) is 9.59 Å². The summed E-state index contributed by atoms with van der Waals surface area (Å²) in [7, 11) is 0. The highest BCUT2D eigenvalue weighted by Gasteiger charge is 2.13. The van der Waals surface area contributed by atoms with Crippen molar-refractivity contribution in [3.63, 3.8) is 0 Å². The number of hydrogen-bond acceptors (Lipinski definition) is 5. The molecule has 0 aliphatic rings. The molecule has 1 atom stereocenters. The summed E-state index contributed by atoms with van der Waals surface area (Å²) in [5, 5.41) is 11.3. The fourth-order valence-corrected chi connectivity index (χ4v) is 1.81. The molecule has 1 amide bonds. The molecule has 0 aliphatic carbocycles. The number of carbonyl (C=O) groups is 3. The highest BCUT2D eigenvalue weighted by atomic mass is 16.5. The van der Waals surface area contributed by atoms with Crippen molar-refractivity contribution in [2.24, 2.45) is 5.73 Å². The Hall–Kier alpha value is -2.41. The van der Waals surface area contributed by atoms with Gasteiger partial charge in [0.1, 0.15) is 11.8 Å². The first-order chi connectivity index (χ1) is 10.4. The van der Waals surface area contributed by atoms with Crippen molar-refractivity contribution in [3.05, 3.63) is 29.8 Å². The third kappa shape index (κ3) is 5.92. The number of hydrogen-bond donors (Lipinski definition) is 3. The third-order valence-electron chi connectivity index (χ3n) is 2.93. The lowest BCUT2D eigenvalue weighted by atomic mass is 10.1. The van der Waals surface area contributed by atoms with Crippen molar-refractivity contribution in [1.82, 2.24) is 5.32 Å². The zero-order valence-electron chi connectivity index (χ0n) is 12.4. The lowest BCUT2D eigenvalue weighted by Crippen LogP contribution is -2.30. The topological polar surface area (TPSA) is 119 Å². The quantitative estimate of drug-likeness (QED) is 0.373. The van der Waals surface area contributed by atoms with Gasteiger partial charge in [0.25, 0.3) is 5.91 Å². The van der Waals surface area contributed by atoms with Crippen molar-refractivity contribution >= 4 is 17.8 Å². The van der Waals surface area contributed by atoms with Crippen LogP contribution in [0.15, 0.2) is 24.3 Å². The Labute approximate surface area is 128 Å². The maximum absolute atomic E-state index is 12.0. The SMILES string of the molecule is CC(=O)Oc1ccccc1C(=O)NCCCC[C@H](N)C(=O)O. The number of benzene rings is 1. The largest absolute Gasteiger partial charge is 0.480 e. The molecule has 0 saturated heterocycles. The molecule has 4 N–H and O–H groups in total. The number of ether oxygens (including phenoxy) is 1. The summed E-state index contributed by atoms with van der Waals surface area (Å²) in [6.45, 7) is 1.65. The maximum atomic E-state index is 12.0. The van der Waals surface area contributed by atoms with E-state index in [2.05, 4.69) is 5.32 Å². The van der Waals surface area contributed by atoms with Crippen LogP contribution in [0.1, 0.15) is 36.5 Å². The van der Waals surface area contributed by atoms with Crippen molar-refractivity contribution in [1.29, 1.82) is 0 Å². The lowest BCUT2D eigenvalue weighted by Gasteiger charge is -2.10. The highest BCUT2D eigenvalue weighted by Crippen LogP contribution is 2.17. The monoisotopic (exact) mass is 308 g/mol. The maximum Gasteiger partial charge on any atom is 0.320 e. The molecular weight excluding hydrogens is 288 g/mol. The van der Waals surface area contributed by atoms with Crippen molar-refractivity contribution in [2.75, 3.05) is 6.54 Å². The van der Waals surface area contributed by atoms with Crippen molar-refractivity contribution in [3.8, 4) is 5.75 Å². The predicted molar refractivity (Wildman–Crippen MR) is 79.5 cm³/mol. The molecular formula is C15H20N2O5. The molecule has 7 heteroatoms. The lowest BCUT2D eigenvalue weighted by molar-refractivity contribution is -0.138. The number of aliphatic carboxylic acids is 1. The Morgan fingerprint density at radius 2 is 1.95 bits per heavy atom. The zero-order chi connectivity index (χ0) is 16.5. The van der Waals surface area contributed by atoms with E-state index in [1.165, 1.54) is 6.92 Å². The molecule has 1 rings (SSSR count). The molecule has 120 valence electrons. The van der Waals surface area contributed by atoms with Gasteiger partial charge in [-0.2, -0.15) is 0 Å². The van der Waals surface area contributed by atoms with Crippen LogP contribution in [-0.4, -0.2) is 35.5 Å². The molecule has 1 aromatic rings. The van der Waals surface area contributed by atoms with E-state index in [0.29, 0.717) is 25.8 Å². The minimum atomic E-state index is -1.03. The summed E-state index contributed by atoms with van der Waals surface area (Å²) < 4.78 is 4.97. The predicted octanol–water partition coefficient (Wildman–Crippen LogP) is 0.924. The number of esters is 1. The number of carboxylic acid groups (broad SMARTS) is 1. The van der Waals surface area contributed by atoms with Crippen molar-refractivity contribution in [2.45, 2.75) is 32.2 Å². The van der Waals surface area contributed by atoms with Crippen LogP contribution >= 0.6 is 0 Å². The smallest absolute Gasteiger partial charge is 0.320 e. The molecule has 0 heterocycles. The molecule has 0 spiro atoms. The van der Waals surface area contributed by atoms with Crippen LogP contribution in [0.4, 0.5) is 0 Å². The Morgan fingerprint density at radius 3 is 2.59 bits per heavy atom. The molecule has 0 bridgehead atoms. The second-order valence-corrected chi connectivity index (χ2v) is 4.79. The van der Waals surface area contributed by atoms with Gasteiger partial charge < -0.3 is 20.9 Å². The summed E-state index contributed by atoms with van der Waals surface area (Å²) in [5.41, 5.74) is 5.66. The first-order valence-electron chi connectivity index (χ1n) is 6.96. The average molecular weight is 308 g/mol. The van der Waals surface area contributed by atoms with Crippen LogP contribution in [0.2, 0.25) is 0 Å². The summed E-state index contributed by atoms with van der Waals surface area (Å²) >= 11 is 0. The van der Waals surface area contributed by atoms with Crippen LogP contribution in [0.5, 0.6) is 5.75 Å². The fourth-order valence-electron chi connectivity index (χ4n) is 1.81. The van der Waals surface area contributed by atoms with E-state index in [-0.39, 0.29) is 17.2 Å². The van der Waals surface area contributed by atoms with Gasteiger partial charge in [-0.15, -0.1) is 0 Å². The summed E-state index contributed by atoms with van der Waals surface area (Å²) in [4.78, 5) is 33.6. The average Bonchev–Trinajstić information content (AvgIpc) is 2.46. The number of amides is 1. The van der Waals surface area contributed by atoms with E-state index in [1.54, 1.807) is 24.3 Å². The normalized spacial score (nSPS) is 11.5. The van der Waals surface area contributed by atoms with E-state index in [9.17, 15) is 14.4 Å². The van der Waals surface area contributed by atoms with Crippen LogP contribution in [0.25, 0.3) is 0 Å². The van der Waals surface area contributed by atoms with Gasteiger partial charge in [0.05, 0.1) is 5.56 Å². The molecule has 0 aliphatic heterocycles. The van der Waals surface area contributed by atoms with Crippen molar-refractivity contribution < 1.29 is 24.2 Å². The molecule has 7 nitrogen and oxygen atoms in total. The second-order valence-electron chi connectivity index (χ2n) is 4.79. The summed E-state index contributed by atoms with van der Waals surface area (Å²) in [6, 6.07) is 5.58. The number of para-hydroxylation sites is 1. The Morgan fingerprint density at radius 1 is 1.27 bits per heavy atom. The number of nitrogens with one attached hydrogen (secondary N) is 1. The minimum absolute atomic E-state index is 0.209. The van der Waals surface area contributed by atoms with Gasteiger partial charge in [0, 0.05) is 13.5 Å². The first kappa shape index (κ1) is 17.6. The minimum Gasteiger partial charge on any atom is -0.480 e. The Bertz CT molecular complexity index is 544. The summed E-state index contributed by atoms with van der Waals surface area (Å²) in [6.07, 6.45) is 1.57. The molecule has 0 saturated carbocycles. The van der Waals surface area contributed by atoms with Gasteiger partial charge in [-0.1, -0.05) is 12.1 Å². The molecule has 22 heavy (non-hydrogen) atoms. The van der Waals surface area contributed by atoms with Crippen LogP contribution in [0.3, 0.4) is 0 Å². The molecule has 0 aromatic heterocycles. The summed E-state index contributed by atoms with van der Waals surface area (Å²) in [5.74, 6) is -1.66. The Balaban J connectivity index is 2.43. The van der Waals surface area contributed by atoms with E-state index in [1.807, 2.05) is 0 Å². The number of nitrogens with two attached hydrogens (primary N) is 1. The second kappa shape index (κ2) is 8.78. The van der Waals surface area contributed by atoms with Gasteiger partial charge in [0.15, 0.2) is 0 Å².